The minimum Gasteiger partial charge on any atom is -0.759 e. The molecule has 0 heterocycles. The standard InChI is InChI=1S/ClH2.Cu.H2O4S.5H2O/c;;1-5(2,3)4;;;;;/h1H2;;(H2,1,2,3,4);5*1H2/q+1;+2;;;;;;/p-2. The molecule has 9 nitrogen and oxygen atoms in total. The van der Waals surface area contributed by atoms with E-state index >= 15 is 0 Å². The van der Waals surface area contributed by atoms with Gasteiger partial charge < -0.3 is 36.5 Å². The van der Waals surface area contributed by atoms with Crippen molar-refractivity contribution in [3.8, 4) is 0 Å². The van der Waals surface area contributed by atoms with Gasteiger partial charge in [-0.25, -0.2) is 0 Å². The Balaban J connectivity index is -0.00000000381. The Bertz CT molecular complexity index is 97.7. The molecule has 0 spiro atoms. The molecule has 1 radical (unpaired) electrons. The van der Waals surface area contributed by atoms with Crippen LogP contribution in [0.25, 0.3) is 0 Å². The Hall–Kier alpha value is 0.479. The molecule has 12 heavy (non-hydrogen) atoms. The molecule has 0 bridgehead atoms. The summed E-state index contributed by atoms with van der Waals surface area (Å²) in [5.74, 6) is 0. The Kier molecular flexibility index (Phi) is 205. The quantitative estimate of drug-likeness (QED) is 0.240. The van der Waals surface area contributed by atoms with Crippen LogP contribution in [0.5, 0.6) is 0 Å². The molecule has 0 saturated heterocycles. The van der Waals surface area contributed by atoms with Gasteiger partial charge in [0.15, 0.2) is 0 Å². The molecule has 12 heteroatoms. The van der Waals surface area contributed by atoms with Crippen molar-refractivity contribution in [3.63, 3.8) is 0 Å². The molecule has 0 aliphatic carbocycles. The van der Waals surface area contributed by atoms with Gasteiger partial charge in [-0.3, -0.25) is 8.42 Å². The van der Waals surface area contributed by atoms with Gasteiger partial charge >= 0.3 is 17.1 Å². The monoisotopic (exact) mass is 286 g/mol. The van der Waals surface area contributed by atoms with Gasteiger partial charge in [0, 0.05) is 10.4 Å². The Morgan fingerprint density at radius 3 is 0.750 bits per heavy atom. The summed E-state index contributed by atoms with van der Waals surface area (Å²) < 4.78 is 34.1. The molecule has 0 aromatic heterocycles. The zero-order chi connectivity index (χ0) is 4.50. The third kappa shape index (κ3) is 4100. The third-order valence-corrected chi connectivity index (χ3v) is 0. The first-order valence-corrected chi connectivity index (χ1v) is 2.00. The maximum Gasteiger partial charge on any atom is 2.00 e. The predicted molar refractivity (Wildman–Crippen MR) is 31.3 cm³/mol. The molecule has 10 N–H and O–H groups in total. The average Bonchev–Trinajstić information content (AvgIpc) is 0.722. The molecule has 0 aromatic rings. The van der Waals surface area contributed by atoms with E-state index in [1.54, 1.807) is 0 Å². The predicted octanol–water partition coefficient (Wildman–Crippen LogP) is -6.00. The first-order valence-electron chi connectivity index (χ1n) is 0.667. The summed E-state index contributed by atoms with van der Waals surface area (Å²) in [5.41, 5.74) is 0. The van der Waals surface area contributed by atoms with Crippen LogP contribution in [0.2, 0.25) is 0 Å². The first kappa shape index (κ1) is 82.0. The summed E-state index contributed by atoms with van der Waals surface area (Å²) in [4.78, 5) is 0. The summed E-state index contributed by atoms with van der Waals surface area (Å²) in [6.07, 6.45) is 0. The van der Waals surface area contributed by atoms with Gasteiger partial charge in [0.1, 0.15) is 0 Å². The summed E-state index contributed by atoms with van der Waals surface area (Å²) >= 11 is 0. The van der Waals surface area contributed by atoms with E-state index in [4.69, 9.17) is 17.5 Å². The van der Waals surface area contributed by atoms with Gasteiger partial charge in [0.25, 0.3) is 0 Å². The van der Waals surface area contributed by atoms with Gasteiger partial charge in [0.2, 0.25) is 0 Å². The normalized spacial score (nSPS) is 4.83. The van der Waals surface area contributed by atoms with Crippen molar-refractivity contribution in [2.45, 2.75) is 0 Å². The molecular formula is H12ClCuO9S+. The maximum atomic E-state index is 8.52. The van der Waals surface area contributed by atoms with Gasteiger partial charge in [-0.1, -0.05) is 0 Å². The van der Waals surface area contributed by atoms with Crippen molar-refractivity contribution >= 4 is 10.4 Å². The first-order chi connectivity index (χ1) is 2.00. The van der Waals surface area contributed by atoms with Crippen molar-refractivity contribution in [3.05, 3.63) is 0 Å². The van der Waals surface area contributed by atoms with Crippen LogP contribution in [-0.4, -0.2) is 44.9 Å². The molecule has 0 rings (SSSR count). The Morgan fingerprint density at radius 1 is 0.750 bits per heavy atom. The van der Waals surface area contributed by atoms with Crippen LogP contribution in [0.15, 0.2) is 0 Å². The van der Waals surface area contributed by atoms with Crippen LogP contribution >= 0.6 is 0 Å². The fraction of sp³-hybridized carbons (Fsp3) is 0. The second kappa shape index (κ2) is 30.0. The summed E-state index contributed by atoms with van der Waals surface area (Å²) in [7, 11) is -5.17. The zero-order valence-electron chi connectivity index (χ0n) is 5.29. The van der Waals surface area contributed by atoms with Gasteiger partial charge in [0.05, 0.1) is 12.4 Å². The molecule has 0 amide bonds. The van der Waals surface area contributed by atoms with Crippen molar-refractivity contribution in [1.29, 1.82) is 0 Å². The fourth-order valence-electron chi connectivity index (χ4n) is 0. The molecule has 0 atom stereocenters. The SMILES string of the molecule is O.O.O.O.O.O=S(=O)([O-])[O-].[ClH2+].[Cu+2]. The van der Waals surface area contributed by atoms with E-state index in [9.17, 15) is 0 Å². The number of rotatable bonds is 0. The van der Waals surface area contributed by atoms with E-state index in [-0.39, 0.29) is 56.9 Å². The summed E-state index contributed by atoms with van der Waals surface area (Å²) in [6.45, 7) is 0. The molecule has 0 fully saturated rings. The average molecular weight is 287 g/mol. The third-order valence-electron chi connectivity index (χ3n) is 0. The molecule has 89 valence electrons. The van der Waals surface area contributed by atoms with E-state index in [1.807, 2.05) is 0 Å². The summed E-state index contributed by atoms with van der Waals surface area (Å²) in [5, 5.41) is 0. The second-order valence-electron chi connectivity index (χ2n) is 0.408. The molecule has 0 aliphatic rings. The van der Waals surface area contributed by atoms with E-state index in [2.05, 4.69) is 0 Å². The van der Waals surface area contributed by atoms with Crippen molar-refractivity contribution in [2.24, 2.45) is 0 Å². The smallest absolute Gasteiger partial charge is 0.759 e. The van der Waals surface area contributed by atoms with Crippen molar-refractivity contribution in [1.82, 2.24) is 0 Å². The maximum absolute atomic E-state index is 8.52. The van der Waals surface area contributed by atoms with E-state index < -0.39 is 10.4 Å². The minimum absolute atomic E-state index is 0. The van der Waals surface area contributed by atoms with Crippen molar-refractivity contribution < 1.29 is 74.4 Å². The zero-order valence-corrected chi connectivity index (χ0v) is 7.94. The molecule has 0 aromatic carbocycles. The van der Waals surface area contributed by atoms with Crippen molar-refractivity contribution in [2.75, 3.05) is 0 Å². The van der Waals surface area contributed by atoms with Gasteiger partial charge in [-0.2, -0.15) is 0 Å². The number of hydrogen-bond donors (Lipinski definition) is 0. The van der Waals surface area contributed by atoms with E-state index in [0.717, 1.165) is 0 Å². The number of halogens is 1. The van der Waals surface area contributed by atoms with E-state index in [0.29, 0.717) is 0 Å². The van der Waals surface area contributed by atoms with Crippen LogP contribution in [0, 0.1) is 12.4 Å². The van der Waals surface area contributed by atoms with Crippen LogP contribution in [0.1, 0.15) is 0 Å². The Labute approximate surface area is 85.2 Å². The molecule has 0 saturated carbocycles. The fourth-order valence-corrected chi connectivity index (χ4v) is 0. The molecule has 0 unspecified atom stereocenters. The van der Waals surface area contributed by atoms with Crippen LogP contribution in [0.3, 0.4) is 0 Å². The van der Waals surface area contributed by atoms with Crippen LogP contribution in [-0.2, 0) is 27.5 Å². The van der Waals surface area contributed by atoms with Crippen LogP contribution < -0.4 is 0 Å². The topological polar surface area (TPSA) is 238 Å². The van der Waals surface area contributed by atoms with Gasteiger partial charge in [-0.15, -0.1) is 0 Å². The molecular weight excluding hydrogens is 275 g/mol. The molecule has 0 aliphatic heterocycles. The summed E-state index contributed by atoms with van der Waals surface area (Å²) in [6, 6.07) is 0. The Morgan fingerprint density at radius 2 is 0.750 bits per heavy atom. The second-order valence-corrected chi connectivity index (χ2v) is 1.22. The van der Waals surface area contributed by atoms with E-state index in [1.165, 1.54) is 0 Å². The minimum atomic E-state index is -5.17. The number of hydrogen-bond acceptors (Lipinski definition) is 4. The van der Waals surface area contributed by atoms with Gasteiger partial charge in [-0.05, 0) is 0 Å². The largest absolute Gasteiger partial charge is 2.00 e. The van der Waals surface area contributed by atoms with Crippen LogP contribution in [0.4, 0.5) is 0 Å².